The number of carbonyl (C=O) groups is 2. The predicted molar refractivity (Wildman–Crippen MR) is 110 cm³/mol. The zero-order chi connectivity index (χ0) is 19.7. The lowest BCUT2D eigenvalue weighted by atomic mass is 10.0. The molecule has 2 aromatic rings. The molecule has 2 aliphatic rings. The van der Waals surface area contributed by atoms with Crippen molar-refractivity contribution in [3.8, 4) is 0 Å². The first-order valence-corrected chi connectivity index (χ1v) is 9.52. The average molecular weight is 419 g/mol. The molecule has 0 aliphatic carbocycles. The quantitative estimate of drug-likeness (QED) is 0.831. The molecule has 2 atom stereocenters. The van der Waals surface area contributed by atoms with Crippen molar-refractivity contribution >= 4 is 29.9 Å². The van der Waals surface area contributed by atoms with Gasteiger partial charge in [0.25, 0.3) is 0 Å². The Bertz CT molecular complexity index is 896. The number of nitrogens with zero attached hydrogens (tertiary/aromatic N) is 3. The summed E-state index contributed by atoms with van der Waals surface area (Å²) < 4.78 is 14.3. The van der Waals surface area contributed by atoms with E-state index in [-0.39, 0.29) is 48.9 Å². The van der Waals surface area contributed by atoms with Crippen molar-refractivity contribution in [2.24, 2.45) is 5.92 Å². The topological polar surface area (TPSA) is 65.5 Å². The van der Waals surface area contributed by atoms with E-state index in [1.807, 2.05) is 17.0 Å². The zero-order valence-corrected chi connectivity index (χ0v) is 17.0. The molecular formula is C21H24ClFN4O2. The number of halogens is 2. The summed E-state index contributed by atoms with van der Waals surface area (Å²) in [5, 5.41) is 3.32. The van der Waals surface area contributed by atoms with Gasteiger partial charge in [0.2, 0.25) is 11.8 Å². The molecule has 0 spiro atoms. The number of aryl methyl sites for hydroxylation is 1. The van der Waals surface area contributed by atoms with Crippen LogP contribution in [0.3, 0.4) is 0 Å². The third kappa shape index (κ3) is 4.26. The Kier molecular flexibility index (Phi) is 6.49. The molecule has 0 saturated carbocycles. The summed E-state index contributed by atoms with van der Waals surface area (Å²) in [5.74, 6) is -1.17. The van der Waals surface area contributed by atoms with Gasteiger partial charge < -0.3 is 15.1 Å². The van der Waals surface area contributed by atoms with Gasteiger partial charge in [-0.3, -0.25) is 14.6 Å². The van der Waals surface area contributed by atoms with Crippen molar-refractivity contribution in [1.29, 1.82) is 0 Å². The molecule has 0 bridgehead atoms. The highest BCUT2D eigenvalue weighted by Crippen LogP contribution is 2.31. The van der Waals surface area contributed by atoms with Crippen LogP contribution in [0.5, 0.6) is 0 Å². The highest BCUT2D eigenvalue weighted by Gasteiger charge is 2.40. The Morgan fingerprint density at radius 1 is 1.31 bits per heavy atom. The lowest BCUT2D eigenvalue weighted by Gasteiger charge is -2.37. The van der Waals surface area contributed by atoms with Gasteiger partial charge in [0.05, 0.1) is 17.6 Å². The van der Waals surface area contributed by atoms with E-state index in [1.165, 1.54) is 11.0 Å². The number of pyridine rings is 1. The summed E-state index contributed by atoms with van der Waals surface area (Å²) in [6.07, 6.45) is 3.58. The summed E-state index contributed by atoms with van der Waals surface area (Å²) in [5.41, 5.74) is 2.00. The molecule has 2 fully saturated rings. The van der Waals surface area contributed by atoms with E-state index < -0.39 is 11.7 Å². The number of hydrogen-bond acceptors (Lipinski definition) is 4. The Hall–Kier alpha value is -2.51. The summed E-state index contributed by atoms with van der Waals surface area (Å²) in [4.78, 5) is 33.2. The molecule has 1 N–H and O–H groups in total. The van der Waals surface area contributed by atoms with Gasteiger partial charge in [0, 0.05) is 45.0 Å². The molecule has 2 unspecified atom stereocenters. The van der Waals surface area contributed by atoms with Gasteiger partial charge in [-0.05, 0) is 36.2 Å². The van der Waals surface area contributed by atoms with E-state index in [0.717, 1.165) is 11.1 Å². The number of rotatable bonds is 3. The largest absolute Gasteiger partial charge is 0.333 e. The highest BCUT2D eigenvalue weighted by molar-refractivity contribution is 6.00. The van der Waals surface area contributed by atoms with Crippen molar-refractivity contribution in [2.75, 3.05) is 31.1 Å². The minimum Gasteiger partial charge on any atom is -0.333 e. The van der Waals surface area contributed by atoms with Crippen LogP contribution in [0.15, 0.2) is 42.7 Å². The van der Waals surface area contributed by atoms with Gasteiger partial charge in [0.15, 0.2) is 0 Å². The molecule has 1 aromatic carbocycles. The summed E-state index contributed by atoms with van der Waals surface area (Å²) in [6.45, 7) is 3.94. The summed E-state index contributed by atoms with van der Waals surface area (Å²) in [6, 6.07) is 8.49. The predicted octanol–water partition coefficient (Wildman–Crippen LogP) is 2.48. The minimum absolute atomic E-state index is 0. The highest BCUT2D eigenvalue weighted by atomic mass is 35.5. The van der Waals surface area contributed by atoms with Crippen LogP contribution in [-0.2, 0) is 9.59 Å². The van der Waals surface area contributed by atoms with Crippen molar-refractivity contribution in [3.05, 3.63) is 59.7 Å². The first-order chi connectivity index (χ1) is 13.5. The summed E-state index contributed by atoms with van der Waals surface area (Å²) >= 11 is 0. The minimum atomic E-state index is -0.467. The number of amides is 2. The zero-order valence-electron chi connectivity index (χ0n) is 16.2. The van der Waals surface area contributed by atoms with Crippen molar-refractivity contribution < 1.29 is 14.0 Å². The van der Waals surface area contributed by atoms with E-state index in [1.54, 1.807) is 31.5 Å². The van der Waals surface area contributed by atoms with Crippen LogP contribution in [0.25, 0.3) is 0 Å². The molecule has 2 aliphatic heterocycles. The second-order valence-corrected chi connectivity index (χ2v) is 7.40. The standard InChI is InChI=1S/C21H23FN4O2.ClH/c1-14-4-5-18(17(22)9-14)26-13-16(10-20(26)27)21(28)25-8-7-24-12-19(25)15-3-2-6-23-11-15;/h2-6,9,11,16,19,24H,7-8,10,12-13H2,1H3;1H. The van der Waals surface area contributed by atoms with E-state index in [9.17, 15) is 14.0 Å². The van der Waals surface area contributed by atoms with Crippen LogP contribution in [0, 0.1) is 18.7 Å². The van der Waals surface area contributed by atoms with Crippen molar-refractivity contribution in [3.63, 3.8) is 0 Å². The van der Waals surface area contributed by atoms with Crippen LogP contribution in [0.1, 0.15) is 23.6 Å². The van der Waals surface area contributed by atoms with E-state index in [4.69, 9.17) is 0 Å². The first-order valence-electron chi connectivity index (χ1n) is 9.52. The van der Waals surface area contributed by atoms with Gasteiger partial charge in [-0.1, -0.05) is 12.1 Å². The fraction of sp³-hybridized carbons (Fsp3) is 0.381. The molecule has 154 valence electrons. The van der Waals surface area contributed by atoms with Crippen LogP contribution in [0.4, 0.5) is 10.1 Å². The average Bonchev–Trinajstić information content (AvgIpc) is 3.09. The van der Waals surface area contributed by atoms with Crippen LogP contribution in [0.2, 0.25) is 0 Å². The first kappa shape index (κ1) is 21.2. The maximum atomic E-state index is 14.3. The van der Waals surface area contributed by atoms with Gasteiger partial charge >= 0.3 is 0 Å². The molecule has 0 radical (unpaired) electrons. The molecule has 1 aromatic heterocycles. The smallest absolute Gasteiger partial charge is 0.228 e. The second kappa shape index (κ2) is 8.88. The molecule has 6 nitrogen and oxygen atoms in total. The fourth-order valence-electron chi connectivity index (χ4n) is 4.01. The SMILES string of the molecule is Cc1ccc(N2CC(C(=O)N3CCNCC3c3cccnc3)CC2=O)c(F)c1.Cl. The Balaban J connectivity index is 0.00000240. The van der Waals surface area contributed by atoms with Crippen LogP contribution >= 0.6 is 12.4 Å². The molecular weight excluding hydrogens is 395 g/mol. The normalized spacial score (nSPS) is 21.8. The number of carbonyl (C=O) groups excluding carboxylic acids is 2. The monoisotopic (exact) mass is 418 g/mol. The number of nitrogens with one attached hydrogen (secondary N) is 1. The Morgan fingerprint density at radius 2 is 2.14 bits per heavy atom. The number of hydrogen-bond donors (Lipinski definition) is 1. The Labute approximate surface area is 175 Å². The van der Waals surface area contributed by atoms with Crippen LogP contribution < -0.4 is 10.2 Å². The lowest BCUT2D eigenvalue weighted by molar-refractivity contribution is -0.139. The molecule has 2 amide bonds. The molecule has 3 heterocycles. The third-order valence-corrected chi connectivity index (χ3v) is 5.46. The maximum absolute atomic E-state index is 14.3. The Morgan fingerprint density at radius 3 is 2.86 bits per heavy atom. The van der Waals surface area contributed by atoms with Gasteiger partial charge in [-0.25, -0.2) is 4.39 Å². The summed E-state index contributed by atoms with van der Waals surface area (Å²) in [7, 11) is 0. The van der Waals surface area contributed by atoms with Crippen molar-refractivity contribution in [2.45, 2.75) is 19.4 Å². The number of anilines is 1. The van der Waals surface area contributed by atoms with Gasteiger partial charge in [0.1, 0.15) is 5.82 Å². The number of piperazine rings is 1. The number of benzene rings is 1. The molecule has 2 saturated heterocycles. The van der Waals surface area contributed by atoms with Gasteiger partial charge in [-0.15, -0.1) is 12.4 Å². The van der Waals surface area contributed by atoms with E-state index in [2.05, 4.69) is 10.3 Å². The number of aromatic nitrogens is 1. The molecule has 29 heavy (non-hydrogen) atoms. The van der Waals surface area contributed by atoms with Crippen molar-refractivity contribution in [1.82, 2.24) is 15.2 Å². The lowest BCUT2D eigenvalue weighted by Crippen LogP contribution is -2.50. The fourth-order valence-corrected chi connectivity index (χ4v) is 4.01. The van der Waals surface area contributed by atoms with Gasteiger partial charge in [-0.2, -0.15) is 0 Å². The molecule has 4 rings (SSSR count). The molecule has 8 heteroatoms. The van der Waals surface area contributed by atoms with Crippen LogP contribution in [-0.4, -0.2) is 47.9 Å². The van der Waals surface area contributed by atoms with E-state index in [0.29, 0.717) is 19.6 Å². The van der Waals surface area contributed by atoms with E-state index >= 15 is 0 Å². The third-order valence-electron chi connectivity index (χ3n) is 5.46. The second-order valence-electron chi connectivity index (χ2n) is 7.40. The maximum Gasteiger partial charge on any atom is 0.228 e.